The van der Waals surface area contributed by atoms with E-state index in [1.54, 1.807) is 4.90 Å². The Morgan fingerprint density at radius 1 is 1.47 bits per heavy atom. The van der Waals surface area contributed by atoms with Crippen molar-refractivity contribution in [2.75, 3.05) is 26.3 Å². The minimum Gasteiger partial charge on any atom is -0.481 e. The van der Waals surface area contributed by atoms with Gasteiger partial charge in [0, 0.05) is 24.4 Å². The highest BCUT2D eigenvalue weighted by atomic mass is 16.6. The predicted octanol–water partition coefficient (Wildman–Crippen LogP) is 1.34. The molecule has 2 aliphatic rings. The van der Waals surface area contributed by atoms with Crippen LogP contribution in [0.5, 0.6) is 0 Å². The maximum atomic E-state index is 12.0. The number of hydrogen-bond acceptors (Lipinski definition) is 4. The molecule has 6 heteroatoms. The number of fused-ring (bicyclic) bond motifs is 1. The van der Waals surface area contributed by atoms with E-state index < -0.39 is 17.0 Å². The van der Waals surface area contributed by atoms with Crippen molar-refractivity contribution in [1.29, 1.82) is 0 Å². The number of aliphatic carboxylic acids is 1. The number of rotatable bonds is 2. The first-order valence-corrected chi connectivity index (χ1v) is 6.49. The molecule has 0 spiro atoms. The van der Waals surface area contributed by atoms with Gasteiger partial charge >= 0.3 is 12.1 Å². The van der Waals surface area contributed by atoms with Gasteiger partial charge in [0.15, 0.2) is 0 Å². The monoisotopic (exact) mass is 271 g/mol. The summed E-state index contributed by atoms with van der Waals surface area (Å²) < 4.78 is 10.7. The number of nitrogens with zero attached hydrogens (tertiary/aromatic N) is 1. The van der Waals surface area contributed by atoms with Gasteiger partial charge in [-0.2, -0.15) is 0 Å². The third-order valence-electron chi connectivity index (χ3n) is 3.68. The van der Waals surface area contributed by atoms with Gasteiger partial charge in [0.2, 0.25) is 0 Å². The number of amides is 1. The molecule has 1 N–H and O–H groups in total. The fraction of sp³-hybridized carbons (Fsp3) is 0.846. The van der Waals surface area contributed by atoms with Gasteiger partial charge in [-0.05, 0) is 20.8 Å². The van der Waals surface area contributed by atoms with Gasteiger partial charge in [-0.1, -0.05) is 0 Å². The fourth-order valence-electron chi connectivity index (χ4n) is 2.85. The predicted molar refractivity (Wildman–Crippen MR) is 66.8 cm³/mol. The summed E-state index contributed by atoms with van der Waals surface area (Å²) in [5.41, 5.74) is -0.978. The molecule has 19 heavy (non-hydrogen) atoms. The molecule has 2 rings (SSSR count). The van der Waals surface area contributed by atoms with Crippen molar-refractivity contribution in [3.8, 4) is 0 Å². The lowest BCUT2D eigenvalue weighted by Crippen LogP contribution is -2.38. The SMILES string of the molecule is CC(C)(C)OC(=O)N1C[C@H]2COC[C@@]2(CC(=O)O)C1. The minimum atomic E-state index is -0.846. The molecule has 2 heterocycles. The second-order valence-electron chi connectivity index (χ2n) is 6.51. The van der Waals surface area contributed by atoms with Crippen molar-refractivity contribution in [2.24, 2.45) is 11.3 Å². The highest BCUT2D eigenvalue weighted by Gasteiger charge is 2.53. The number of hydrogen-bond donors (Lipinski definition) is 1. The van der Waals surface area contributed by atoms with Crippen LogP contribution in [0.15, 0.2) is 0 Å². The Balaban J connectivity index is 2.05. The van der Waals surface area contributed by atoms with E-state index in [0.29, 0.717) is 26.3 Å². The molecule has 2 saturated heterocycles. The Labute approximate surface area is 112 Å². The summed E-state index contributed by atoms with van der Waals surface area (Å²) in [4.78, 5) is 24.7. The summed E-state index contributed by atoms with van der Waals surface area (Å²) in [7, 11) is 0. The first kappa shape index (κ1) is 14.1. The number of ether oxygens (including phenoxy) is 2. The van der Waals surface area contributed by atoms with Crippen LogP contribution >= 0.6 is 0 Å². The van der Waals surface area contributed by atoms with Gasteiger partial charge in [0.05, 0.1) is 19.6 Å². The standard InChI is InChI=1S/C13H21NO5/c1-12(2,3)19-11(17)14-5-9-6-18-8-13(9,7-14)4-10(15)16/h9H,4-8H2,1-3H3,(H,15,16)/t9-,13+/m0/s1. The van der Waals surface area contributed by atoms with Gasteiger partial charge in [-0.3, -0.25) is 4.79 Å². The zero-order valence-corrected chi connectivity index (χ0v) is 11.6. The number of carbonyl (C=O) groups excluding carboxylic acids is 1. The topological polar surface area (TPSA) is 76.1 Å². The summed E-state index contributed by atoms with van der Waals surface area (Å²) in [6.45, 7) is 7.30. The van der Waals surface area contributed by atoms with E-state index in [2.05, 4.69) is 0 Å². The van der Waals surface area contributed by atoms with Crippen molar-refractivity contribution in [1.82, 2.24) is 4.90 Å². The lowest BCUT2D eigenvalue weighted by molar-refractivity contribution is -0.140. The summed E-state index contributed by atoms with van der Waals surface area (Å²) in [5.74, 6) is -0.752. The Morgan fingerprint density at radius 2 is 2.16 bits per heavy atom. The van der Waals surface area contributed by atoms with Crippen LogP contribution < -0.4 is 0 Å². The smallest absolute Gasteiger partial charge is 0.410 e. The van der Waals surface area contributed by atoms with Gasteiger partial charge in [0.25, 0.3) is 0 Å². The van der Waals surface area contributed by atoms with Crippen LogP contribution in [-0.2, 0) is 14.3 Å². The molecule has 1 amide bonds. The number of carboxylic acids is 1. The Kier molecular flexibility index (Phi) is 3.47. The van der Waals surface area contributed by atoms with Crippen molar-refractivity contribution in [3.05, 3.63) is 0 Å². The quantitative estimate of drug-likeness (QED) is 0.820. The first-order chi connectivity index (χ1) is 8.72. The average molecular weight is 271 g/mol. The highest BCUT2D eigenvalue weighted by Crippen LogP contribution is 2.44. The Hall–Kier alpha value is -1.30. The maximum Gasteiger partial charge on any atom is 0.410 e. The maximum absolute atomic E-state index is 12.0. The van der Waals surface area contributed by atoms with Crippen LogP contribution in [0.3, 0.4) is 0 Å². The molecule has 0 aromatic rings. The summed E-state index contributed by atoms with van der Waals surface area (Å²) in [6.07, 6.45) is -0.330. The van der Waals surface area contributed by atoms with E-state index in [0.717, 1.165) is 0 Å². The molecule has 108 valence electrons. The van der Waals surface area contributed by atoms with Gasteiger partial charge in [0.1, 0.15) is 5.60 Å². The van der Waals surface area contributed by atoms with E-state index in [4.69, 9.17) is 14.6 Å². The van der Waals surface area contributed by atoms with Gasteiger partial charge in [-0.15, -0.1) is 0 Å². The van der Waals surface area contributed by atoms with E-state index in [9.17, 15) is 9.59 Å². The molecule has 0 bridgehead atoms. The highest BCUT2D eigenvalue weighted by molar-refractivity contribution is 5.71. The summed E-state index contributed by atoms with van der Waals surface area (Å²) >= 11 is 0. The van der Waals surface area contributed by atoms with Crippen LogP contribution in [0.4, 0.5) is 4.79 Å². The van der Waals surface area contributed by atoms with Crippen LogP contribution in [0.25, 0.3) is 0 Å². The molecule has 2 aliphatic heterocycles. The summed E-state index contributed by atoms with van der Waals surface area (Å²) in [6, 6.07) is 0. The molecule has 2 atom stereocenters. The van der Waals surface area contributed by atoms with Crippen LogP contribution in [0.2, 0.25) is 0 Å². The number of likely N-dealkylation sites (tertiary alicyclic amines) is 1. The van der Waals surface area contributed by atoms with Crippen LogP contribution in [0, 0.1) is 11.3 Å². The van der Waals surface area contributed by atoms with Gasteiger partial charge < -0.3 is 19.5 Å². The zero-order valence-electron chi connectivity index (χ0n) is 11.6. The molecule has 0 saturated carbocycles. The third-order valence-corrected chi connectivity index (χ3v) is 3.68. The molecule has 0 aromatic carbocycles. The lowest BCUT2D eigenvalue weighted by Gasteiger charge is -2.27. The van der Waals surface area contributed by atoms with Crippen LogP contribution in [0.1, 0.15) is 27.2 Å². The molecular weight excluding hydrogens is 250 g/mol. The zero-order chi connectivity index (χ0) is 14.3. The van der Waals surface area contributed by atoms with Crippen molar-refractivity contribution >= 4 is 12.1 Å². The molecule has 0 unspecified atom stereocenters. The van der Waals surface area contributed by atoms with Gasteiger partial charge in [-0.25, -0.2) is 4.79 Å². The van der Waals surface area contributed by atoms with Crippen LogP contribution in [-0.4, -0.2) is 54.0 Å². The Morgan fingerprint density at radius 3 is 2.74 bits per heavy atom. The fourth-order valence-corrected chi connectivity index (χ4v) is 2.85. The third kappa shape index (κ3) is 3.00. The molecule has 0 radical (unpaired) electrons. The van der Waals surface area contributed by atoms with Crippen molar-refractivity contribution in [3.63, 3.8) is 0 Å². The van der Waals surface area contributed by atoms with Crippen molar-refractivity contribution < 1.29 is 24.2 Å². The van der Waals surface area contributed by atoms with E-state index in [1.165, 1.54) is 0 Å². The lowest BCUT2D eigenvalue weighted by atomic mass is 9.78. The van der Waals surface area contributed by atoms with E-state index in [1.807, 2.05) is 20.8 Å². The average Bonchev–Trinajstić information content (AvgIpc) is 2.69. The molecule has 6 nitrogen and oxygen atoms in total. The number of carboxylic acid groups (broad SMARTS) is 1. The Bertz CT molecular complexity index is 389. The molecule has 0 aromatic heterocycles. The second kappa shape index (κ2) is 4.67. The van der Waals surface area contributed by atoms with E-state index in [-0.39, 0.29) is 18.4 Å². The van der Waals surface area contributed by atoms with E-state index >= 15 is 0 Å². The second-order valence-corrected chi connectivity index (χ2v) is 6.51. The molecule has 0 aliphatic carbocycles. The summed E-state index contributed by atoms with van der Waals surface area (Å²) in [5, 5.41) is 9.04. The largest absolute Gasteiger partial charge is 0.481 e. The first-order valence-electron chi connectivity index (χ1n) is 6.49. The normalized spacial score (nSPS) is 30.3. The minimum absolute atomic E-state index is 0.0387. The number of carbonyl (C=O) groups is 2. The molecular formula is C13H21NO5. The molecule has 2 fully saturated rings. The van der Waals surface area contributed by atoms with Crippen molar-refractivity contribution in [2.45, 2.75) is 32.8 Å².